The van der Waals surface area contributed by atoms with Crippen molar-refractivity contribution in [2.45, 2.75) is 44.5 Å². The summed E-state index contributed by atoms with van der Waals surface area (Å²) in [6, 6.07) is 10.3. The largest absolute Gasteiger partial charge is 0.465 e. The Hall–Kier alpha value is -4.16. The van der Waals surface area contributed by atoms with E-state index in [1.807, 2.05) is 6.07 Å². The molecule has 13 heteroatoms. The number of hydrogen-bond acceptors (Lipinski definition) is 5. The van der Waals surface area contributed by atoms with Crippen LogP contribution in [0, 0.1) is 11.7 Å². The highest BCUT2D eigenvalue weighted by Gasteiger charge is 2.38. The summed E-state index contributed by atoms with van der Waals surface area (Å²) in [4.78, 5) is 55.0. The van der Waals surface area contributed by atoms with Crippen LogP contribution in [0.15, 0.2) is 48.5 Å². The molecule has 2 aromatic rings. The van der Waals surface area contributed by atoms with Crippen LogP contribution in [0.2, 0.25) is 0 Å². The number of halogens is 4. The minimum absolute atomic E-state index is 0.0379. The number of amides is 3. The van der Waals surface area contributed by atoms with Crippen molar-refractivity contribution >= 4 is 23.9 Å². The van der Waals surface area contributed by atoms with Gasteiger partial charge in [0.2, 0.25) is 5.91 Å². The fourth-order valence-corrected chi connectivity index (χ4v) is 5.29. The van der Waals surface area contributed by atoms with E-state index in [-0.39, 0.29) is 39.1 Å². The molecule has 9 nitrogen and oxygen atoms in total. The van der Waals surface area contributed by atoms with Gasteiger partial charge < -0.3 is 24.5 Å². The predicted octanol–water partition coefficient (Wildman–Crippen LogP) is 5.05. The average molecular weight is 594 g/mol. The summed E-state index contributed by atoms with van der Waals surface area (Å²) < 4.78 is 59.1. The highest BCUT2D eigenvalue weighted by molar-refractivity contribution is 5.99. The maximum Gasteiger partial charge on any atom is 0.419 e. The third-order valence-electron chi connectivity index (χ3n) is 7.61. The zero-order valence-corrected chi connectivity index (χ0v) is 22.7. The van der Waals surface area contributed by atoms with Gasteiger partial charge >= 0.3 is 18.4 Å². The molecular formula is C29H31F4N3O6. The Morgan fingerprint density at radius 1 is 0.952 bits per heavy atom. The van der Waals surface area contributed by atoms with Gasteiger partial charge in [0.05, 0.1) is 12.1 Å². The lowest BCUT2D eigenvalue weighted by Crippen LogP contribution is -2.55. The van der Waals surface area contributed by atoms with E-state index in [0.29, 0.717) is 31.5 Å². The molecule has 2 fully saturated rings. The molecule has 2 aliphatic rings. The van der Waals surface area contributed by atoms with Crippen molar-refractivity contribution in [3.63, 3.8) is 0 Å². The van der Waals surface area contributed by atoms with Gasteiger partial charge in [0, 0.05) is 43.7 Å². The molecule has 0 aromatic heterocycles. The lowest BCUT2D eigenvalue weighted by atomic mass is 9.93. The SMILES string of the molecule is O=C(CN(C(=O)C1CCN(C(=O)O)CC1)[C@@H]1CCCN(C(=O)OCc2ccccc2)C1)c1ccc(F)c(C(F)(F)F)c1. The number of carbonyl (C=O) groups excluding carboxylic acids is 3. The minimum atomic E-state index is -5.02. The Morgan fingerprint density at radius 3 is 2.29 bits per heavy atom. The van der Waals surface area contributed by atoms with E-state index in [1.54, 1.807) is 24.3 Å². The van der Waals surface area contributed by atoms with E-state index in [2.05, 4.69) is 0 Å². The summed E-state index contributed by atoms with van der Waals surface area (Å²) in [6.07, 6.45) is -5.41. The lowest BCUT2D eigenvalue weighted by molar-refractivity contribution is -0.140. The van der Waals surface area contributed by atoms with Gasteiger partial charge in [-0.25, -0.2) is 14.0 Å². The van der Waals surface area contributed by atoms with Crippen molar-refractivity contribution in [1.29, 1.82) is 0 Å². The third kappa shape index (κ3) is 7.56. The molecule has 1 N–H and O–H groups in total. The first-order chi connectivity index (χ1) is 19.9. The summed E-state index contributed by atoms with van der Waals surface area (Å²) in [5.74, 6) is -3.40. The zero-order valence-electron chi connectivity index (χ0n) is 22.7. The number of Topliss-reactive ketones (excluding diaryl/α,β-unsaturated/α-hetero) is 1. The molecule has 0 radical (unpaired) electrons. The first-order valence-corrected chi connectivity index (χ1v) is 13.6. The maximum atomic E-state index is 13.8. The van der Waals surface area contributed by atoms with Crippen LogP contribution < -0.4 is 0 Å². The van der Waals surface area contributed by atoms with E-state index in [0.717, 1.165) is 11.6 Å². The highest BCUT2D eigenvalue weighted by atomic mass is 19.4. The van der Waals surface area contributed by atoms with Crippen LogP contribution in [0.3, 0.4) is 0 Å². The first-order valence-electron chi connectivity index (χ1n) is 13.6. The first kappa shape index (κ1) is 30.8. The third-order valence-corrected chi connectivity index (χ3v) is 7.61. The Bertz CT molecular complexity index is 1300. The molecule has 0 spiro atoms. The van der Waals surface area contributed by atoms with Crippen molar-refractivity contribution in [1.82, 2.24) is 14.7 Å². The van der Waals surface area contributed by atoms with Crippen LogP contribution >= 0.6 is 0 Å². The molecule has 0 saturated carbocycles. The zero-order chi connectivity index (χ0) is 30.4. The number of rotatable bonds is 7. The van der Waals surface area contributed by atoms with Gasteiger partial charge in [-0.05, 0) is 49.4 Å². The van der Waals surface area contributed by atoms with E-state index >= 15 is 0 Å². The molecule has 42 heavy (non-hydrogen) atoms. The number of carbonyl (C=O) groups is 4. The minimum Gasteiger partial charge on any atom is -0.465 e. The molecule has 2 saturated heterocycles. The normalized spacial score (nSPS) is 18.0. The summed E-state index contributed by atoms with van der Waals surface area (Å²) in [6.45, 7) is 0.0720. The fraction of sp³-hybridized carbons (Fsp3) is 0.448. The standard InChI is InChI=1S/C29H31F4N3O6/c30-24-9-8-21(15-23(24)29(31,32)33)25(37)17-36(26(38)20-10-13-34(14-11-20)27(39)40)22-7-4-12-35(16-22)28(41)42-18-19-5-2-1-3-6-19/h1-3,5-6,8-9,15,20,22H,4,7,10-14,16-18H2,(H,39,40)/t22-/m1/s1. The van der Waals surface area contributed by atoms with Crippen LogP contribution in [0.25, 0.3) is 0 Å². The topological polar surface area (TPSA) is 107 Å². The predicted molar refractivity (Wildman–Crippen MR) is 141 cm³/mol. The van der Waals surface area contributed by atoms with Crippen molar-refractivity contribution in [2.75, 3.05) is 32.7 Å². The monoisotopic (exact) mass is 593 g/mol. The molecule has 4 rings (SSSR count). The van der Waals surface area contributed by atoms with Gasteiger partial charge in [-0.1, -0.05) is 30.3 Å². The Kier molecular flexibility index (Phi) is 9.69. The number of alkyl halides is 3. The smallest absolute Gasteiger partial charge is 0.419 e. The summed E-state index contributed by atoms with van der Waals surface area (Å²) >= 11 is 0. The van der Waals surface area contributed by atoms with Gasteiger partial charge in [-0.2, -0.15) is 13.2 Å². The second-order valence-corrected chi connectivity index (χ2v) is 10.4. The van der Waals surface area contributed by atoms with Crippen LogP contribution in [-0.4, -0.2) is 82.4 Å². The van der Waals surface area contributed by atoms with E-state index in [9.17, 15) is 41.8 Å². The lowest BCUT2D eigenvalue weighted by Gasteiger charge is -2.41. The van der Waals surface area contributed by atoms with Gasteiger partial charge in [-0.15, -0.1) is 0 Å². The fourth-order valence-electron chi connectivity index (χ4n) is 5.29. The van der Waals surface area contributed by atoms with Crippen molar-refractivity contribution in [2.24, 2.45) is 5.92 Å². The highest BCUT2D eigenvalue weighted by Crippen LogP contribution is 2.32. The van der Waals surface area contributed by atoms with Gasteiger partial charge in [-0.3, -0.25) is 9.59 Å². The number of ether oxygens (including phenoxy) is 1. The number of likely N-dealkylation sites (tertiary alicyclic amines) is 2. The quantitative estimate of drug-likeness (QED) is 0.356. The molecule has 226 valence electrons. The molecule has 2 aromatic carbocycles. The average Bonchev–Trinajstić information content (AvgIpc) is 2.98. The molecule has 2 aliphatic heterocycles. The molecule has 0 aliphatic carbocycles. The van der Waals surface area contributed by atoms with Crippen molar-refractivity contribution < 1.29 is 46.6 Å². The van der Waals surface area contributed by atoms with Crippen LogP contribution in [-0.2, 0) is 22.3 Å². The van der Waals surface area contributed by atoms with Gasteiger partial charge in [0.25, 0.3) is 0 Å². The van der Waals surface area contributed by atoms with Crippen LogP contribution in [0.1, 0.15) is 47.2 Å². The van der Waals surface area contributed by atoms with Crippen LogP contribution in [0.4, 0.5) is 27.2 Å². The van der Waals surface area contributed by atoms with Gasteiger partial charge in [0.1, 0.15) is 12.4 Å². The molecule has 1 atom stereocenters. The molecule has 2 heterocycles. The molecule has 3 amide bonds. The Balaban J connectivity index is 1.52. The van der Waals surface area contributed by atoms with Crippen molar-refractivity contribution in [3.05, 3.63) is 71.0 Å². The number of ketones is 1. The molecule has 0 unspecified atom stereocenters. The van der Waals surface area contributed by atoms with E-state index in [1.165, 1.54) is 14.7 Å². The second kappa shape index (κ2) is 13.2. The summed E-state index contributed by atoms with van der Waals surface area (Å²) in [5, 5.41) is 9.25. The number of benzene rings is 2. The summed E-state index contributed by atoms with van der Waals surface area (Å²) in [7, 11) is 0. The number of nitrogens with zero attached hydrogens (tertiary/aromatic N) is 3. The molecule has 0 bridgehead atoms. The number of hydrogen-bond donors (Lipinski definition) is 1. The second-order valence-electron chi connectivity index (χ2n) is 10.4. The number of carboxylic acid groups (broad SMARTS) is 1. The summed E-state index contributed by atoms with van der Waals surface area (Å²) in [5.41, 5.74) is -1.21. The van der Waals surface area contributed by atoms with E-state index < -0.39 is 65.5 Å². The number of piperidine rings is 2. The Labute approximate surface area is 239 Å². The molecular weight excluding hydrogens is 562 g/mol. The maximum absolute atomic E-state index is 13.8. The van der Waals surface area contributed by atoms with Crippen LogP contribution in [0.5, 0.6) is 0 Å². The van der Waals surface area contributed by atoms with Gasteiger partial charge in [0.15, 0.2) is 5.78 Å². The van der Waals surface area contributed by atoms with E-state index in [4.69, 9.17) is 4.74 Å². The van der Waals surface area contributed by atoms with Crippen molar-refractivity contribution in [3.8, 4) is 0 Å². The Morgan fingerprint density at radius 2 is 1.64 bits per heavy atom.